The molecule has 0 radical (unpaired) electrons. The minimum absolute atomic E-state index is 0.569. The molecule has 0 aliphatic heterocycles. The van der Waals surface area contributed by atoms with E-state index in [0.717, 1.165) is 16.9 Å². The number of carboxylic acid groups (broad SMARTS) is 1. The van der Waals surface area contributed by atoms with Gasteiger partial charge in [-0.15, -0.1) is 11.8 Å². The van der Waals surface area contributed by atoms with E-state index in [4.69, 9.17) is 11.6 Å². The molecule has 1 aromatic rings. The largest absolute Gasteiger partial charge is 0.481 e. The highest BCUT2D eigenvalue weighted by atomic mass is 35.5. The van der Waals surface area contributed by atoms with Crippen molar-refractivity contribution >= 4 is 29.3 Å². The lowest BCUT2D eigenvalue weighted by atomic mass is 9.64. The van der Waals surface area contributed by atoms with Gasteiger partial charge >= 0.3 is 5.97 Å². The summed E-state index contributed by atoms with van der Waals surface area (Å²) in [6.45, 7) is 0. The molecule has 0 atom stereocenters. The Morgan fingerprint density at radius 2 is 2.19 bits per heavy atom. The van der Waals surface area contributed by atoms with Crippen molar-refractivity contribution in [3.8, 4) is 0 Å². The van der Waals surface area contributed by atoms with Gasteiger partial charge in [-0.05, 0) is 42.9 Å². The first-order chi connectivity index (χ1) is 7.60. The Labute approximate surface area is 104 Å². The highest BCUT2D eigenvalue weighted by Crippen LogP contribution is 2.47. The van der Waals surface area contributed by atoms with E-state index >= 15 is 0 Å². The summed E-state index contributed by atoms with van der Waals surface area (Å²) in [5.41, 5.74) is 0.0443. The van der Waals surface area contributed by atoms with E-state index in [1.165, 1.54) is 0 Å². The molecule has 16 heavy (non-hydrogen) atoms. The summed E-state index contributed by atoms with van der Waals surface area (Å²) in [6.07, 6.45) is 4.33. The van der Waals surface area contributed by atoms with Gasteiger partial charge in [0.05, 0.1) is 5.41 Å². The molecule has 0 saturated heterocycles. The van der Waals surface area contributed by atoms with Gasteiger partial charge in [0.15, 0.2) is 0 Å². The van der Waals surface area contributed by atoms with Crippen LogP contribution in [0.1, 0.15) is 24.8 Å². The Balaban J connectivity index is 2.49. The van der Waals surface area contributed by atoms with E-state index in [1.807, 2.05) is 18.4 Å². The number of hydrogen-bond donors (Lipinski definition) is 1. The molecule has 0 spiro atoms. The molecule has 0 amide bonds. The molecule has 1 N–H and O–H groups in total. The van der Waals surface area contributed by atoms with Crippen molar-refractivity contribution in [1.29, 1.82) is 0 Å². The van der Waals surface area contributed by atoms with E-state index in [0.29, 0.717) is 17.9 Å². The second-order valence-electron chi connectivity index (χ2n) is 4.09. The van der Waals surface area contributed by atoms with E-state index in [-0.39, 0.29) is 0 Å². The van der Waals surface area contributed by atoms with Gasteiger partial charge in [-0.25, -0.2) is 0 Å². The maximum atomic E-state index is 11.4. The minimum atomic E-state index is -0.751. The summed E-state index contributed by atoms with van der Waals surface area (Å²) in [5.74, 6) is -0.751. The molecule has 1 aromatic carbocycles. The highest BCUT2D eigenvalue weighted by molar-refractivity contribution is 7.98. The molecule has 0 unspecified atom stereocenters. The molecule has 1 fully saturated rings. The smallest absolute Gasteiger partial charge is 0.314 e. The van der Waals surface area contributed by atoms with Gasteiger partial charge in [0.25, 0.3) is 0 Å². The van der Waals surface area contributed by atoms with Crippen LogP contribution in [0.25, 0.3) is 0 Å². The number of aliphatic carboxylic acids is 1. The molecule has 1 aliphatic rings. The number of hydrogen-bond acceptors (Lipinski definition) is 2. The van der Waals surface area contributed by atoms with Crippen LogP contribution in [0.3, 0.4) is 0 Å². The van der Waals surface area contributed by atoms with Crippen LogP contribution in [-0.4, -0.2) is 17.3 Å². The SMILES string of the molecule is CSc1ccc(Cl)c(C2(C(=O)O)CCC2)c1. The van der Waals surface area contributed by atoms with Crippen LogP contribution in [0.4, 0.5) is 0 Å². The number of halogens is 1. The van der Waals surface area contributed by atoms with Crippen LogP contribution in [-0.2, 0) is 10.2 Å². The zero-order valence-corrected chi connectivity index (χ0v) is 10.6. The lowest BCUT2D eigenvalue weighted by molar-refractivity contribution is -0.147. The van der Waals surface area contributed by atoms with Crippen molar-refractivity contribution in [2.24, 2.45) is 0 Å². The normalized spacial score (nSPS) is 17.9. The van der Waals surface area contributed by atoms with Crippen LogP contribution in [0.2, 0.25) is 5.02 Å². The summed E-state index contributed by atoms with van der Waals surface area (Å²) in [4.78, 5) is 12.5. The first-order valence-corrected chi connectivity index (χ1v) is 6.78. The summed E-state index contributed by atoms with van der Waals surface area (Å²) in [7, 11) is 0. The van der Waals surface area contributed by atoms with E-state index in [9.17, 15) is 9.90 Å². The Morgan fingerprint density at radius 1 is 1.50 bits per heavy atom. The van der Waals surface area contributed by atoms with E-state index in [1.54, 1.807) is 17.8 Å². The topological polar surface area (TPSA) is 37.3 Å². The highest BCUT2D eigenvalue weighted by Gasteiger charge is 2.47. The van der Waals surface area contributed by atoms with Crippen molar-refractivity contribution in [2.75, 3.05) is 6.26 Å². The van der Waals surface area contributed by atoms with Crippen molar-refractivity contribution in [3.05, 3.63) is 28.8 Å². The van der Waals surface area contributed by atoms with Crippen LogP contribution < -0.4 is 0 Å². The molecule has 4 heteroatoms. The molecule has 2 rings (SSSR count). The molecule has 2 nitrogen and oxygen atoms in total. The Bertz CT molecular complexity index is 427. The van der Waals surface area contributed by atoms with Gasteiger partial charge in [-0.2, -0.15) is 0 Å². The predicted molar refractivity (Wildman–Crippen MR) is 66.4 cm³/mol. The predicted octanol–water partition coefficient (Wildman–Crippen LogP) is 3.57. The van der Waals surface area contributed by atoms with Gasteiger partial charge in [0.1, 0.15) is 0 Å². The van der Waals surface area contributed by atoms with Crippen LogP contribution in [0.15, 0.2) is 23.1 Å². The van der Waals surface area contributed by atoms with E-state index in [2.05, 4.69) is 0 Å². The van der Waals surface area contributed by atoms with Crippen LogP contribution >= 0.6 is 23.4 Å². The Hall–Kier alpha value is -0.670. The molecular formula is C12H13ClO2S. The third-order valence-corrected chi connectivity index (χ3v) is 4.36. The molecule has 1 saturated carbocycles. The molecule has 0 heterocycles. The molecule has 0 aromatic heterocycles. The van der Waals surface area contributed by atoms with Gasteiger partial charge in [0, 0.05) is 9.92 Å². The Kier molecular flexibility index (Phi) is 3.17. The fourth-order valence-electron chi connectivity index (χ4n) is 2.13. The molecule has 0 bridgehead atoms. The third-order valence-electron chi connectivity index (χ3n) is 3.31. The second-order valence-corrected chi connectivity index (χ2v) is 5.37. The van der Waals surface area contributed by atoms with Crippen LogP contribution in [0.5, 0.6) is 0 Å². The molecule has 86 valence electrons. The summed E-state index contributed by atoms with van der Waals surface area (Å²) >= 11 is 7.72. The second kappa shape index (κ2) is 4.30. The number of thioether (sulfide) groups is 1. The average molecular weight is 257 g/mol. The zero-order valence-electron chi connectivity index (χ0n) is 9.00. The lowest BCUT2D eigenvalue weighted by Crippen LogP contribution is -2.42. The zero-order chi connectivity index (χ0) is 11.8. The molecular weight excluding hydrogens is 244 g/mol. The number of carboxylic acids is 1. The van der Waals surface area contributed by atoms with Crippen molar-refractivity contribution in [2.45, 2.75) is 29.6 Å². The number of rotatable bonds is 3. The number of carbonyl (C=O) groups is 1. The maximum Gasteiger partial charge on any atom is 0.314 e. The average Bonchev–Trinajstić information content (AvgIpc) is 2.18. The summed E-state index contributed by atoms with van der Waals surface area (Å²) in [6, 6.07) is 5.64. The van der Waals surface area contributed by atoms with Crippen LogP contribution in [0, 0.1) is 0 Å². The summed E-state index contributed by atoms with van der Waals surface area (Å²) < 4.78 is 0. The monoisotopic (exact) mass is 256 g/mol. The minimum Gasteiger partial charge on any atom is -0.481 e. The van der Waals surface area contributed by atoms with Gasteiger partial charge in [-0.1, -0.05) is 18.0 Å². The van der Waals surface area contributed by atoms with Gasteiger partial charge < -0.3 is 5.11 Å². The number of benzene rings is 1. The van der Waals surface area contributed by atoms with Gasteiger partial charge in [0.2, 0.25) is 0 Å². The molecule has 1 aliphatic carbocycles. The quantitative estimate of drug-likeness (QED) is 0.840. The first kappa shape index (κ1) is 11.8. The van der Waals surface area contributed by atoms with Gasteiger partial charge in [-0.3, -0.25) is 4.79 Å². The third kappa shape index (κ3) is 1.72. The Morgan fingerprint density at radius 3 is 2.62 bits per heavy atom. The van der Waals surface area contributed by atoms with E-state index < -0.39 is 11.4 Å². The van der Waals surface area contributed by atoms with Crippen molar-refractivity contribution in [1.82, 2.24) is 0 Å². The fraction of sp³-hybridized carbons (Fsp3) is 0.417. The van der Waals surface area contributed by atoms with Crippen molar-refractivity contribution in [3.63, 3.8) is 0 Å². The first-order valence-electron chi connectivity index (χ1n) is 5.17. The fourth-order valence-corrected chi connectivity index (χ4v) is 2.87. The standard InChI is InChI=1S/C12H13ClO2S/c1-16-8-3-4-10(13)9(7-8)12(11(14)15)5-2-6-12/h3-4,7H,2,5-6H2,1H3,(H,14,15). The summed E-state index contributed by atoms with van der Waals surface area (Å²) in [5, 5.41) is 9.93. The lowest BCUT2D eigenvalue weighted by Gasteiger charge is -2.38. The maximum absolute atomic E-state index is 11.4. The van der Waals surface area contributed by atoms with Crippen molar-refractivity contribution < 1.29 is 9.90 Å².